The molecule has 0 atom stereocenters. The Hall–Kier alpha value is -1.88. The Bertz CT molecular complexity index is 739. The van der Waals surface area contributed by atoms with Crippen LogP contribution < -0.4 is 4.74 Å². The summed E-state index contributed by atoms with van der Waals surface area (Å²) in [6.45, 7) is 0. The maximum Gasteiger partial charge on any atom is 0.177 e. The van der Waals surface area contributed by atoms with Crippen molar-refractivity contribution in [3.8, 4) is 5.75 Å². The molecule has 2 aromatic heterocycles. The number of nitrogens with zero attached hydrogens (tertiary/aromatic N) is 2. The molecule has 0 aliphatic carbocycles. The fourth-order valence-electron chi connectivity index (χ4n) is 2.21. The van der Waals surface area contributed by atoms with Gasteiger partial charge in [-0.1, -0.05) is 18.2 Å². The van der Waals surface area contributed by atoms with Gasteiger partial charge in [0.25, 0.3) is 0 Å². The van der Waals surface area contributed by atoms with Crippen molar-refractivity contribution in [1.82, 2.24) is 15.0 Å². The number of aromatic amines is 1. The lowest BCUT2D eigenvalue weighted by atomic mass is 10.1. The molecule has 5 heteroatoms. The minimum absolute atomic E-state index is 0.753. The molecule has 0 radical (unpaired) electrons. The molecule has 0 unspecified atom stereocenters. The Morgan fingerprint density at radius 1 is 1.25 bits per heavy atom. The smallest absolute Gasteiger partial charge is 0.177 e. The predicted molar refractivity (Wildman–Crippen MR) is 82.0 cm³/mol. The average Bonchev–Trinajstić information content (AvgIpc) is 2.87. The van der Waals surface area contributed by atoms with E-state index >= 15 is 0 Å². The molecule has 3 aromatic rings. The van der Waals surface area contributed by atoms with Gasteiger partial charge in [-0.3, -0.25) is 0 Å². The summed E-state index contributed by atoms with van der Waals surface area (Å²) in [4.78, 5) is 12.1. The third-order valence-corrected chi connectivity index (χ3v) is 3.61. The van der Waals surface area contributed by atoms with Crippen molar-refractivity contribution in [1.29, 1.82) is 0 Å². The number of pyridine rings is 1. The van der Waals surface area contributed by atoms with Gasteiger partial charge < -0.3 is 9.72 Å². The normalized spacial score (nSPS) is 10.9. The largest absolute Gasteiger partial charge is 0.496 e. The van der Waals surface area contributed by atoms with Crippen LogP contribution in [0.2, 0.25) is 0 Å². The number of hydrogen-bond acceptors (Lipinski definition) is 3. The van der Waals surface area contributed by atoms with Crippen molar-refractivity contribution in [2.24, 2.45) is 0 Å². The quantitative estimate of drug-likeness (QED) is 0.795. The second kappa shape index (κ2) is 5.63. The number of ether oxygens (including phenoxy) is 1. The van der Waals surface area contributed by atoms with E-state index in [2.05, 4.69) is 36.9 Å². The summed E-state index contributed by atoms with van der Waals surface area (Å²) in [6, 6.07) is 10.0. The van der Waals surface area contributed by atoms with Gasteiger partial charge in [0.2, 0.25) is 0 Å². The zero-order valence-electron chi connectivity index (χ0n) is 11.1. The number of nitrogens with one attached hydrogen (secondary N) is 1. The highest BCUT2D eigenvalue weighted by molar-refractivity contribution is 9.10. The van der Waals surface area contributed by atoms with Crippen LogP contribution in [0.4, 0.5) is 0 Å². The van der Waals surface area contributed by atoms with Crippen LogP contribution in [-0.4, -0.2) is 22.1 Å². The van der Waals surface area contributed by atoms with E-state index in [0.29, 0.717) is 0 Å². The van der Waals surface area contributed by atoms with E-state index in [-0.39, 0.29) is 0 Å². The Kier molecular flexibility index (Phi) is 3.69. The third kappa shape index (κ3) is 2.67. The summed E-state index contributed by atoms with van der Waals surface area (Å²) in [5.74, 6) is 1.86. The van der Waals surface area contributed by atoms with Gasteiger partial charge >= 0.3 is 0 Å². The van der Waals surface area contributed by atoms with Gasteiger partial charge in [0.05, 0.1) is 12.6 Å². The second-order valence-electron chi connectivity index (χ2n) is 4.52. The van der Waals surface area contributed by atoms with E-state index in [1.165, 1.54) is 5.56 Å². The first-order valence-corrected chi connectivity index (χ1v) is 7.17. The van der Waals surface area contributed by atoms with Crippen LogP contribution >= 0.6 is 15.9 Å². The fraction of sp³-hybridized carbons (Fsp3) is 0.200. The number of halogens is 1. The first-order valence-electron chi connectivity index (χ1n) is 6.38. The lowest BCUT2D eigenvalue weighted by Gasteiger charge is -2.06. The van der Waals surface area contributed by atoms with Crippen LogP contribution in [0.5, 0.6) is 5.75 Å². The highest BCUT2D eigenvalue weighted by atomic mass is 79.9. The maximum absolute atomic E-state index is 5.36. The molecule has 0 aliphatic rings. The Morgan fingerprint density at radius 2 is 2.10 bits per heavy atom. The Balaban J connectivity index is 1.79. The molecule has 1 N–H and O–H groups in total. The molecule has 0 bridgehead atoms. The molecule has 0 spiro atoms. The number of para-hydroxylation sites is 1. The van der Waals surface area contributed by atoms with E-state index < -0.39 is 0 Å². The van der Waals surface area contributed by atoms with Gasteiger partial charge in [0.1, 0.15) is 11.6 Å². The number of imidazole rings is 1. The predicted octanol–water partition coefficient (Wildman–Crippen LogP) is 3.51. The first kappa shape index (κ1) is 13.1. The SMILES string of the molecule is COc1ccccc1CCc1nc2ncc(Br)cc2[nH]1. The number of fused-ring (bicyclic) bond motifs is 1. The van der Waals surface area contributed by atoms with Crippen molar-refractivity contribution in [3.63, 3.8) is 0 Å². The molecular formula is C15H14BrN3O. The average molecular weight is 332 g/mol. The third-order valence-electron chi connectivity index (χ3n) is 3.18. The van der Waals surface area contributed by atoms with E-state index in [9.17, 15) is 0 Å². The molecule has 102 valence electrons. The zero-order chi connectivity index (χ0) is 13.9. The molecule has 0 saturated carbocycles. The topological polar surface area (TPSA) is 50.8 Å². The van der Waals surface area contributed by atoms with Crippen molar-refractivity contribution < 1.29 is 4.74 Å². The fourth-order valence-corrected chi connectivity index (χ4v) is 2.54. The molecule has 0 aliphatic heterocycles. The zero-order valence-corrected chi connectivity index (χ0v) is 12.6. The molecule has 4 nitrogen and oxygen atoms in total. The molecule has 0 fully saturated rings. The summed E-state index contributed by atoms with van der Waals surface area (Å²) in [7, 11) is 1.70. The number of aromatic nitrogens is 3. The summed E-state index contributed by atoms with van der Waals surface area (Å²) < 4.78 is 6.31. The van der Waals surface area contributed by atoms with Crippen LogP contribution in [0.15, 0.2) is 41.0 Å². The standard InChI is InChI=1S/C15H14BrN3O/c1-20-13-5-3-2-4-10(13)6-7-14-18-12-8-11(16)9-17-15(12)19-14/h2-5,8-9H,6-7H2,1H3,(H,17,18,19). The molecule has 2 heterocycles. The second-order valence-corrected chi connectivity index (χ2v) is 5.44. The number of aryl methyl sites for hydroxylation is 2. The highest BCUT2D eigenvalue weighted by Gasteiger charge is 2.07. The molecule has 20 heavy (non-hydrogen) atoms. The lowest BCUT2D eigenvalue weighted by molar-refractivity contribution is 0.409. The van der Waals surface area contributed by atoms with Gasteiger partial charge in [-0.2, -0.15) is 0 Å². The van der Waals surface area contributed by atoms with Crippen LogP contribution in [0, 0.1) is 0 Å². The van der Waals surface area contributed by atoms with E-state index in [4.69, 9.17) is 4.74 Å². The molecular weight excluding hydrogens is 318 g/mol. The minimum Gasteiger partial charge on any atom is -0.496 e. The van der Waals surface area contributed by atoms with E-state index in [1.54, 1.807) is 13.3 Å². The van der Waals surface area contributed by atoms with Crippen molar-refractivity contribution in [2.75, 3.05) is 7.11 Å². The number of benzene rings is 1. The van der Waals surface area contributed by atoms with Crippen LogP contribution in [-0.2, 0) is 12.8 Å². The number of H-pyrrole nitrogens is 1. The first-order chi connectivity index (χ1) is 9.76. The van der Waals surface area contributed by atoms with Crippen LogP contribution in [0.3, 0.4) is 0 Å². The number of methoxy groups -OCH3 is 1. The van der Waals surface area contributed by atoms with Gasteiger partial charge in [0.15, 0.2) is 5.65 Å². The van der Waals surface area contributed by atoms with Gasteiger partial charge in [-0.15, -0.1) is 0 Å². The number of hydrogen-bond donors (Lipinski definition) is 1. The molecule has 3 rings (SSSR count). The summed E-state index contributed by atoms with van der Waals surface area (Å²) in [6.07, 6.45) is 3.46. The molecule has 0 amide bonds. The van der Waals surface area contributed by atoms with Crippen LogP contribution in [0.25, 0.3) is 11.2 Å². The number of rotatable bonds is 4. The van der Waals surface area contributed by atoms with Gasteiger partial charge in [-0.05, 0) is 40.0 Å². The summed E-state index contributed by atoms with van der Waals surface area (Å²) >= 11 is 3.41. The van der Waals surface area contributed by atoms with E-state index in [0.717, 1.165) is 40.1 Å². The summed E-state index contributed by atoms with van der Waals surface area (Å²) in [5.41, 5.74) is 2.89. The lowest BCUT2D eigenvalue weighted by Crippen LogP contribution is -1.96. The maximum atomic E-state index is 5.36. The van der Waals surface area contributed by atoms with Crippen molar-refractivity contribution in [3.05, 3.63) is 52.4 Å². The minimum atomic E-state index is 0.753. The summed E-state index contributed by atoms with van der Waals surface area (Å²) in [5, 5.41) is 0. The molecule has 1 aromatic carbocycles. The highest BCUT2D eigenvalue weighted by Crippen LogP contribution is 2.20. The van der Waals surface area contributed by atoms with Crippen molar-refractivity contribution >= 4 is 27.1 Å². The Morgan fingerprint density at radius 3 is 2.95 bits per heavy atom. The van der Waals surface area contributed by atoms with Crippen LogP contribution in [0.1, 0.15) is 11.4 Å². The van der Waals surface area contributed by atoms with E-state index in [1.807, 2.05) is 24.3 Å². The van der Waals surface area contributed by atoms with Gasteiger partial charge in [-0.25, -0.2) is 9.97 Å². The Labute approximate surface area is 125 Å². The van der Waals surface area contributed by atoms with Crippen molar-refractivity contribution in [2.45, 2.75) is 12.8 Å². The molecule has 0 saturated heterocycles. The monoisotopic (exact) mass is 331 g/mol. The van der Waals surface area contributed by atoms with Gasteiger partial charge in [0, 0.05) is 17.1 Å².